The zero-order valence-electron chi connectivity index (χ0n) is 6.68. The molecular formula is C9H12OS2. The molecule has 0 radical (unpaired) electrons. The van der Waals surface area contributed by atoms with Crippen molar-refractivity contribution >= 4 is 25.3 Å². The summed E-state index contributed by atoms with van der Waals surface area (Å²) in [6.45, 7) is 0. The lowest BCUT2D eigenvalue weighted by molar-refractivity contribution is 0.472. The molecule has 1 fully saturated rings. The zero-order chi connectivity index (χ0) is 8.55. The third-order valence-electron chi connectivity index (χ3n) is 2.46. The van der Waals surface area contributed by atoms with Gasteiger partial charge in [-0.3, -0.25) is 0 Å². The highest BCUT2D eigenvalue weighted by Crippen LogP contribution is 2.41. The number of hydrogen-bond donors (Lipinski definition) is 2. The minimum Gasteiger partial charge on any atom is -0.469 e. The van der Waals surface area contributed by atoms with Crippen molar-refractivity contribution in [3.05, 3.63) is 24.2 Å². The van der Waals surface area contributed by atoms with Crippen LogP contribution in [0, 0.1) is 0 Å². The summed E-state index contributed by atoms with van der Waals surface area (Å²) in [5.74, 6) is 1.43. The fourth-order valence-electron chi connectivity index (χ4n) is 1.82. The number of thiol groups is 2. The van der Waals surface area contributed by atoms with Crippen LogP contribution in [0.3, 0.4) is 0 Å². The molecule has 3 heteroatoms. The molecule has 1 heterocycles. The Bertz CT molecular complexity index is 235. The summed E-state index contributed by atoms with van der Waals surface area (Å²) in [6.07, 6.45) is 4.00. The molecule has 1 aromatic heterocycles. The molecule has 1 nitrogen and oxygen atoms in total. The Hall–Kier alpha value is -0.0200. The predicted molar refractivity (Wildman–Crippen MR) is 56.2 cm³/mol. The molecule has 0 bridgehead atoms. The topological polar surface area (TPSA) is 13.1 Å². The van der Waals surface area contributed by atoms with Crippen molar-refractivity contribution in [3.63, 3.8) is 0 Å². The van der Waals surface area contributed by atoms with E-state index in [1.54, 1.807) is 6.26 Å². The van der Waals surface area contributed by atoms with E-state index in [4.69, 9.17) is 4.42 Å². The Kier molecular flexibility index (Phi) is 2.42. The molecule has 2 rings (SSSR count). The van der Waals surface area contributed by atoms with Gasteiger partial charge in [0.05, 0.1) is 6.26 Å². The van der Waals surface area contributed by atoms with Crippen molar-refractivity contribution in [2.75, 3.05) is 0 Å². The van der Waals surface area contributed by atoms with Crippen LogP contribution in [0.25, 0.3) is 0 Å². The van der Waals surface area contributed by atoms with Crippen LogP contribution in [0.2, 0.25) is 0 Å². The molecule has 66 valence electrons. The maximum absolute atomic E-state index is 5.36. The van der Waals surface area contributed by atoms with Crippen molar-refractivity contribution in [1.29, 1.82) is 0 Å². The number of rotatable bonds is 1. The maximum Gasteiger partial charge on any atom is 0.109 e. The van der Waals surface area contributed by atoms with Crippen molar-refractivity contribution in [1.82, 2.24) is 0 Å². The lowest BCUT2D eigenvalue weighted by Gasteiger charge is -2.15. The summed E-state index contributed by atoms with van der Waals surface area (Å²) in [5, 5.41) is 0.831. The van der Waals surface area contributed by atoms with Gasteiger partial charge in [0, 0.05) is 16.4 Å². The first-order valence-corrected chi connectivity index (χ1v) is 5.22. The van der Waals surface area contributed by atoms with E-state index in [1.165, 1.54) is 0 Å². The lowest BCUT2D eigenvalue weighted by Crippen LogP contribution is -2.11. The van der Waals surface area contributed by atoms with Gasteiger partial charge in [-0.2, -0.15) is 25.3 Å². The maximum atomic E-state index is 5.36. The Morgan fingerprint density at radius 3 is 2.42 bits per heavy atom. The summed E-state index contributed by atoms with van der Waals surface area (Å²) < 4.78 is 5.36. The minimum absolute atomic E-state index is 0.395. The van der Waals surface area contributed by atoms with Gasteiger partial charge in [0.2, 0.25) is 0 Å². The normalized spacial score (nSPS) is 35.7. The summed E-state index contributed by atoms with van der Waals surface area (Å²) in [6, 6.07) is 3.94. The van der Waals surface area contributed by atoms with Gasteiger partial charge in [0.25, 0.3) is 0 Å². The van der Waals surface area contributed by atoms with E-state index in [0.29, 0.717) is 16.4 Å². The minimum atomic E-state index is 0.395. The zero-order valence-corrected chi connectivity index (χ0v) is 8.47. The summed E-state index contributed by atoms with van der Waals surface area (Å²) in [4.78, 5) is 0. The number of hydrogen-bond acceptors (Lipinski definition) is 3. The third-order valence-corrected chi connectivity index (χ3v) is 3.62. The first-order chi connectivity index (χ1) is 5.79. The van der Waals surface area contributed by atoms with Crippen LogP contribution >= 0.6 is 25.3 Å². The molecule has 0 N–H and O–H groups in total. The van der Waals surface area contributed by atoms with Crippen molar-refractivity contribution in [2.45, 2.75) is 29.3 Å². The molecule has 0 amide bonds. The fraction of sp³-hybridized carbons (Fsp3) is 0.556. The van der Waals surface area contributed by atoms with Crippen LogP contribution in [0.4, 0.5) is 0 Å². The molecule has 2 atom stereocenters. The van der Waals surface area contributed by atoms with Crippen molar-refractivity contribution < 1.29 is 4.42 Å². The van der Waals surface area contributed by atoms with Gasteiger partial charge in [0.1, 0.15) is 5.76 Å². The molecule has 1 aliphatic carbocycles. The Morgan fingerprint density at radius 1 is 1.25 bits per heavy atom. The van der Waals surface area contributed by atoms with Crippen molar-refractivity contribution in [2.24, 2.45) is 0 Å². The Balaban J connectivity index is 2.22. The highest BCUT2D eigenvalue weighted by Gasteiger charge is 2.34. The standard InChI is InChI=1S/C9H12OS2/c11-7-3-4-8(12)9(7)6-2-1-5-10-6/h1-2,5,7-9,11-12H,3-4H2. The van der Waals surface area contributed by atoms with Gasteiger partial charge >= 0.3 is 0 Å². The van der Waals surface area contributed by atoms with E-state index in [9.17, 15) is 0 Å². The predicted octanol–water partition coefficient (Wildman–Crippen LogP) is 2.75. The van der Waals surface area contributed by atoms with Crippen LogP contribution in [0.15, 0.2) is 22.8 Å². The second kappa shape index (κ2) is 3.38. The van der Waals surface area contributed by atoms with Gasteiger partial charge < -0.3 is 4.42 Å². The first kappa shape index (κ1) is 8.57. The van der Waals surface area contributed by atoms with E-state index in [-0.39, 0.29) is 0 Å². The molecule has 0 aliphatic heterocycles. The molecule has 12 heavy (non-hydrogen) atoms. The van der Waals surface area contributed by atoms with Gasteiger partial charge in [0.15, 0.2) is 0 Å². The van der Waals surface area contributed by atoms with E-state index in [0.717, 1.165) is 18.6 Å². The molecule has 0 spiro atoms. The smallest absolute Gasteiger partial charge is 0.109 e. The summed E-state index contributed by atoms with van der Waals surface area (Å²) in [7, 11) is 0. The fourth-order valence-corrected chi connectivity index (χ4v) is 2.96. The lowest BCUT2D eigenvalue weighted by atomic mass is 10.0. The van der Waals surface area contributed by atoms with Crippen LogP contribution < -0.4 is 0 Å². The quantitative estimate of drug-likeness (QED) is 0.665. The molecule has 1 saturated carbocycles. The molecular weight excluding hydrogens is 188 g/mol. The summed E-state index contributed by atoms with van der Waals surface area (Å²) in [5.41, 5.74) is 0. The highest BCUT2D eigenvalue weighted by atomic mass is 32.1. The third kappa shape index (κ3) is 1.40. The largest absolute Gasteiger partial charge is 0.469 e. The monoisotopic (exact) mass is 200 g/mol. The van der Waals surface area contributed by atoms with Gasteiger partial charge in [-0.15, -0.1) is 0 Å². The van der Waals surface area contributed by atoms with Crippen LogP contribution in [0.5, 0.6) is 0 Å². The Morgan fingerprint density at radius 2 is 1.92 bits per heavy atom. The summed E-state index contributed by atoms with van der Waals surface area (Å²) >= 11 is 9.05. The van der Waals surface area contributed by atoms with Gasteiger partial charge in [-0.1, -0.05) is 0 Å². The molecule has 1 aromatic rings. The van der Waals surface area contributed by atoms with Gasteiger partial charge in [-0.25, -0.2) is 0 Å². The van der Waals surface area contributed by atoms with E-state index in [2.05, 4.69) is 25.3 Å². The van der Waals surface area contributed by atoms with E-state index in [1.807, 2.05) is 12.1 Å². The van der Waals surface area contributed by atoms with Crippen LogP contribution in [-0.2, 0) is 0 Å². The van der Waals surface area contributed by atoms with E-state index < -0.39 is 0 Å². The molecule has 2 unspecified atom stereocenters. The van der Waals surface area contributed by atoms with Crippen LogP contribution in [0.1, 0.15) is 24.5 Å². The van der Waals surface area contributed by atoms with Crippen molar-refractivity contribution in [3.8, 4) is 0 Å². The van der Waals surface area contributed by atoms with Gasteiger partial charge in [-0.05, 0) is 25.0 Å². The highest BCUT2D eigenvalue weighted by molar-refractivity contribution is 7.82. The second-order valence-corrected chi connectivity index (χ2v) is 4.58. The SMILES string of the molecule is SC1CCC(S)C1c1ccco1. The second-order valence-electron chi connectivity index (χ2n) is 3.25. The first-order valence-electron chi connectivity index (χ1n) is 4.18. The average molecular weight is 200 g/mol. The Labute approximate surface area is 83.4 Å². The molecule has 0 aromatic carbocycles. The molecule has 0 saturated heterocycles. The van der Waals surface area contributed by atoms with Crippen LogP contribution in [-0.4, -0.2) is 10.5 Å². The average Bonchev–Trinajstić information content (AvgIpc) is 2.61. The van der Waals surface area contributed by atoms with E-state index >= 15 is 0 Å². The molecule has 1 aliphatic rings. The number of furan rings is 1.